The van der Waals surface area contributed by atoms with Gasteiger partial charge in [-0.05, 0) is 69.8 Å². The van der Waals surface area contributed by atoms with E-state index in [9.17, 15) is 14.7 Å². The molecule has 0 spiro atoms. The van der Waals surface area contributed by atoms with Crippen molar-refractivity contribution in [3.05, 3.63) is 29.8 Å². The Morgan fingerprint density at radius 1 is 1.12 bits per heavy atom. The number of carbonyl (C=O) groups is 2. The van der Waals surface area contributed by atoms with Gasteiger partial charge < -0.3 is 24.8 Å². The first-order valence-corrected chi connectivity index (χ1v) is 12.9. The summed E-state index contributed by atoms with van der Waals surface area (Å²) in [7, 11) is 4.07. The van der Waals surface area contributed by atoms with Crippen molar-refractivity contribution in [1.82, 2.24) is 10.2 Å². The smallest absolute Gasteiger partial charge is 0.407 e. The normalized spacial score (nSPS) is 24.4. The molecule has 0 heterocycles. The molecule has 1 amide bonds. The lowest BCUT2D eigenvalue weighted by atomic mass is 9.71. The van der Waals surface area contributed by atoms with E-state index in [4.69, 9.17) is 9.47 Å². The van der Waals surface area contributed by atoms with Gasteiger partial charge in [0, 0.05) is 19.0 Å². The molecule has 7 nitrogen and oxygen atoms in total. The van der Waals surface area contributed by atoms with Gasteiger partial charge in [0.15, 0.2) is 0 Å². The molecule has 2 N–H and O–H groups in total. The van der Waals surface area contributed by atoms with Crippen LogP contribution in [0.25, 0.3) is 0 Å². The Morgan fingerprint density at radius 3 is 2.56 bits per heavy atom. The molecule has 2 aliphatic carbocycles. The van der Waals surface area contributed by atoms with Crippen LogP contribution in [-0.2, 0) is 15.1 Å². The van der Waals surface area contributed by atoms with Gasteiger partial charge in [-0.3, -0.25) is 4.79 Å². The SMILES string of the molecule is CCOC(=O)NCC1(CC(=O)Oc2cccc([C@]3(O)CCCC[C@@H]3CN(C)C)c2)CCCCC1. The van der Waals surface area contributed by atoms with E-state index in [1.165, 1.54) is 0 Å². The van der Waals surface area contributed by atoms with Crippen LogP contribution in [0, 0.1) is 11.3 Å². The van der Waals surface area contributed by atoms with Crippen LogP contribution in [0.4, 0.5) is 4.79 Å². The maximum atomic E-state index is 13.0. The first-order valence-electron chi connectivity index (χ1n) is 12.9. The van der Waals surface area contributed by atoms with E-state index in [0.29, 0.717) is 25.3 Å². The van der Waals surface area contributed by atoms with E-state index >= 15 is 0 Å². The van der Waals surface area contributed by atoms with Crippen molar-refractivity contribution < 1.29 is 24.2 Å². The van der Waals surface area contributed by atoms with Crippen molar-refractivity contribution in [2.75, 3.05) is 33.8 Å². The van der Waals surface area contributed by atoms with Gasteiger partial charge in [-0.1, -0.05) is 44.2 Å². The molecule has 0 aliphatic heterocycles. The summed E-state index contributed by atoms with van der Waals surface area (Å²) in [6, 6.07) is 7.41. The molecule has 3 rings (SSSR count). The Bertz CT molecular complexity index is 821. The summed E-state index contributed by atoms with van der Waals surface area (Å²) in [5.74, 6) is 0.307. The van der Waals surface area contributed by atoms with Crippen molar-refractivity contribution in [2.24, 2.45) is 11.3 Å². The fraction of sp³-hybridized carbons (Fsp3) is 0.704. The molecule has 2 atom stereocenters. The van der Waals surface area contributed by atoms with Crippen LogP contribution >= 0.6 is 0 Å². The van der Waals surface area contributed by atoms with Crippen LogP contribution in [0.1, 0.15) is 76.7 Å². The first-order chi connectivity index (χ1) is 16.3. The number of alkyl carbamates (subject to hydrolysis) is 1. The van der Waals surface area contributed by atoms with Crippen LogP contribution < -0.4 is 10.1 Å². The third-order valence-corrected chi connectivity index (χ3v) is 7.50. The van der Waals surface area contributed by atoms with Crippen molar-refractivity contribution in [3.63, 3.8) is 0 Å². The average molecular weight is 475 g/mol. The van der Waals surface area contributed by atoms with E-state index in [1.54, 1.807) is 13.0 Å². The summed E-state index contributed by atoms with van der Waals surface area (Å²) in [6.45, 7) is 3.32. The number of nitrogens with zero attached hydrogens (tertiary/aromatic N) is 1. The largest absolute Gasteiger partial charge is 0.450 e. The van der Waals surface area contributed by atoms with Crippen LogP contribution in [0.2, 0.25) is 0 Å². The fourth-order valence-electron chi connectivity index (χ4n) is 5.75. The lowest BCUT2D eigenvalue weighted by Crippen LogP contribution is -2.43. The number of esters is 1. The Labute approximate surface area is 204 Å². The molecule has 2 saturated carbocycles. The van der Waals surface area contributed by atoms with Gasteiger partial charge in [0.25, 0.3) is 0 Å². The minimum Gasteiger partial charge on any atom is -0.450 e. The molecular formula is C27H42N2O5. The number of aliphatic hydroxyl groups is 1. The fourth-order valence-corrected chi connectivity index (χ4v) is 5.75. The molecule has 0 bridgehead atoms. The lowest BCUT2D eigenvalue weighted by Gasteiger charge is -2.41. The van der Waals surface area contributed by atoms with E-state index in [-0.39, 0.29) is 23.7 Å². The highest BCUT2D eigenvalue weighted by Gasteiger charge is 2.41. The highest BCUT2D eigenvalue weighted by molar-refractivity contribution is 5.73. The number of amides is 1. The van der Waals surface area contributed by atoms with Gasteiger partial charge in [0.1, 0.15) is 5.75 Å². The molecule has 1 aromatic rings. The topological polar surface area (TPSA) is 88.1 Å². The van der Waals surface area contributed by atoms with Gasteiger partial charge in [-0.25, -0.2) is 4.79 Å². The number of nitrogens with one attached hydrogen (secondary N) is 1. The summed E-state index contributed by atoms with van der Waals surface area (Å²) in [4.78, 5) is 27.0. The van der Waals surface area contributed by atoms with E-state index in [2.05, 4.69) is 10.2 Å². The standard InChI is InChI=1S/C27H42N2O5/c1-4-33-25(31)28-20-26(14-7-5-8-15-26)18-24(30)34-23-13-10-12-21(17-23)27(32)16-9-6-11-22(27)19-29(2)3/h10,12-13,17,22,32H,4-9,11,14-16,18-20H2,1-3H3,(H,28,31)/t22-,27-/m1/s1. The number of benzene rings is 1. The number of rotatable bonds is 9. The van der Waals surface area contributed by atoms with Crippen molar-refractivity contribution in [2.45, 2.75) is 76.7 Å². The van der Waals surface area contributed by atoms with E-state index in [0.717, 1.165) is 63.5 Å². The molecule has 1 aromatic carbocycles. The minimum absolute atomic E-state index is 0.140. The number of hydrogen-bond acceptors (Lipinski definition) is 6. The predicted molar refractivity (Wildman–Crippen MR) is 132 cm³/mol. The second kappa shape index (κ2) is 12.0. The maximum absolute atomic E-state index is 13.0. The minimum atomic E-state index is -0.918. The zero-order chi connectivity index (χ0) is 24.6. The highest BCUT2D eigenvalue weighted by Crippen LogP contribution is 2.43. The summed E-state index contributed by atoms with van der Waals surface area (Å²) in [5.41, 5.74) is -0.405. The second-order valence-electron chi connectivity index (χ2n) is 10.4. The van der Waals surface area contributed by atoms with Crippen molar-refractivity contribution in [3.8, 4) is 5.75 Å². The average Bonchev–Trinajstić information content (AvgIpc) is 2.80. The molecule has 34 heavy (non-hydrogen) atoms. The second-order valence-corrected chi connectivity index (χ2v) is 10.4. The Morgan fingerprint density at radius 2 is 1.85 bits per heavy atom. The van der Waals surface area contributed by atoms with Gasteiger partial charge in [0.05, 0.1) is 18.6 Å². The van der Waals surface area contributed by atoms with E-state index in [1.807, 2.05) is 32.3 Å². The highest BCUT2D eigenvalue weighted by atomic mass is 16.5. The van der Waals surface area contributed by atoms with Crippen LogP contribution in [0.3, 0.4) is 0 Å². The summed E-state index contributed by atoms with van der Waals surface area (Å²) >= 11 is 0. The monoisotopic (exact) mass is 474 g/mol. The zero-order valence-electron chi connectivity index (χ0n) is 21.1. The summed E-state index contributed by atoms with van der Waals surface area (Å²) in [6.07, 6.45) is 8.57. The van der Waals surface area contributed by atoms with Gasteiger partial charge in [0.2, 0.25) is 0 Å². The first kappa shape index (κ1) is 26.5. The van der Waals surface area contributed by atoms with Crippen LogP contribution in [-0.4, -0.2) is 55.9 Å². The molecule has 0 radical (unpaired) electrons. The molecular weight excluding hydrogens is 432 g/mol. The maximum Gasteiger partial charge on any atom is 0.407 e. The van der Waals surface area contributed by atoms with Crippen molar-refractivity contribution in [1.29, 1.82) is 0 Å². The molecule has 0 saturated heterocycles. The Hall–Kier alpha value is -2.12. The molecule has 0 unspecified atom stereocenters. The lowest BCUT2D eigenvalue weighted by molar-refractivity contribution is -0.137. The quantitative estimate of drug-likeness (QED) is 0.401. The zero-order valence-corrected chi connectivity index (χ0v) is 21.1. The van der Waals surface area contributed by atoms with Gasteiger partial charge in [-0.15, -0.1) is 0 Å². The third kappa shape index (κ3) is 6.95. The van der Waals surface area contributed by atoms with Crippen molar-refractivity contribution >= 4 is 12.1 Å². The van der Waals surface area contributed by atoms with Crippen LogP contribution in [0.5, 0.6) is 5.75 Å². The van der Waals surface area contributed by atoms with Gasteiger partial charge in [-0.2, -0.15) is 0 Å². The molecule has 0 aromatic heterocycles. The van der Waals surface area contributed by atoms with E-state index < -0.39 is 11.7 Å². The predicted octanol–water partition coefficient (Wildman–Crippen LogP) is 4.62. The molecule has 190 valence electrons. The summed E-state index contributed by atoms with van der Waals surface area (Å²) < 4.78 is 10.8. The number of hydrogen-bond donors (Lipinski definition) is 2. The third-order valence-electron chi connectivity index (χ3n) is 7.50. The molecule has 7 heteroatoms. The number of ether oxygens (including phenoxy) is 2. The Kier molecular flexibility index (Phi) is 9.37. The molecule has 2 fully saturated rings. The van der Waals surface area contributed by atoms with Crippen LogP contribution in [0.15, 0.2) is 24.3 Å². The summed E-state index contributed by atoms with van der Waals surface area (Å²) in [5, 5.41) is 14.5. The Balaban J connectivity index is 1.69. The van der Waals surface area contributed by atoms with Gasteiger partial charge >= 0.3 is 12.1 Å². The number of carbonyl (C=O) groups excluding carboxylic acids is 2. The molecule has 2 aliphatic rings.